The van der Waals surface area contributed by atoms with Gasteiger partial charge in [0.1, 0.15) is 18.9 Å². The molecule has 0 spiro atoms. The Morgan fingerprint density at radius 2 is 1.69 bits per heavy atom. The highest BCUT2D eigenvalue weighted by atomic mass is 32.7. The van der Waals surface area contributed by atoms with Crippen LogP contribution >= 0.6 is 19.5 Å². The molecule has 4 heteroatoms. The Kier molecular flexibility index (Phi) is 13.3. The van der Waals surface area contributed by atoms with Crippen LogP contribution in [0.3, 0.4) is 0 Å². The Hall–Kier alpha value is 0.150. The van der Waals surface area contributed by atoms with Crippen LogP contribution in [0.5, 0.6) is 0 Å². The van der Waals surface area contributed by atoms with Crippen LogP contribution in [0.15, 0.2) is 12.2 Å². The Morgan fingerprint density at radius 3 is 2.31 bits per heavy atom. The predicted molar refractivity (Wildman–Crippen MR) is 74.3 cm³/mol. The van der Waals surface area contributed by atoms with Crippen LogP contribution in [-0.4, -0.2) is 6.61 Å². The first-order valence-corrected chi connectivity index (χ1v) is 8.54. The fraction of sp³-hybridized carbons (Fsp3) is 0.833. The number of thiol groups is 1. The Morgan fingerprint density at radius 1 is 1.06 bits per heavy atom. The summed E-state index contributed by atoms with van der Waals surface area (Å²) < 4.78 is 15.4. The summed E-state index contributed by atoms with van der Waals surface area (Å²) in [5, 5.41) is 0. The molecule has 0 fully saturated rings. The minimum absolute atomic E-state index is 0.581. The van der Waals surface area contributed by atoms with Crippen LogP contribution in [0.1, 0.15) is 58.3 Å². The first-order valence-electron chi connectivity index (χ1n) is 6.21. The van der Waals surface area contributed by atoms with E-state index in [0.717, 1.165) is 12.8 Å². The lowest BCUT2D eigenvalue weighted by Crippen LogP contribution is -1.86. The third kappa shape index (κ3) is 14.1. The molecule has 16 heavy (non-hydrogen) atoms. The van der Waals surface area contributed by atoms with Crippen LogP contribution in [-0.2, 0) is 9.09 Å². The lowest BCUT2D eigenvalue weighted by atomic mass is 10.1. The molecule has 0 aliphatic heterocycles. The van der Waals surface area contributed by atoms with Gasteiger partial charge in [0.25, 0.3) is 0 Å². The van der Waals surface area contributed by atoms with Crippen LogP contribution in [0, 0.1) is 0 Å². The second-order valence-electron chi connectivity index (χ2n) is 3.86. The summed E-state index contributed by atoms with van der Waals surface area (Å²) in [5.41, 5.74) is 0. The second kappa shape index (κ2) is 13.2. The Labute approximate surface area is 106 Å². The fourth-order valence-electron chi connectivity index (χ4n) is 1.50. The number of hydrogen-bond acceptors (Lipinski definition) is 2. The van der Waals surface area contributed by atoms with Crippen molar-refractivity contribution in [2.75, 3.05) is 6.61 Å². The minimum atomic E-state index is -1.70. The van der Waals surface area contributed by atoms with E-state index in [2.05, 4.69) is 31.3 Å². The summed E-state index contributed by atoms with van der Waals surface area (Å²) in [6.07, 6.45) is 14.2. The molecule has 94 valence electrons. The van der Waals surface area contributed by atoms with Gasteiger partial charge in [-0.3, -0.25) is 0 Å². The summed E-state index contributed by atoms with van der Waals surface area (Å²) >= 11 is 3.68. The van der Waals surface area contributed by atoms with Crippen molar-refractivity contribution in [3.8, 4) is 0 Å². The lowest BCUT2D eigenvalue weighted by Gasteiger charge is -1.98. The Bertz CT molecular complexity index is 195. The van der Waals surface area contributed by atoms with Crippen molar-refractivity contribution < 1.29 is 9.09 Å². The Balaban J connectivity index is 2.98. The van der Waals surface area contributed by atoms with E-state index < -0.39 is 7.23 Å². The molecule has 1 atom stereocenters. The van der Waals surface area contributed by atoms with Gasteiger partial charge in [-0.05, 0) is 30.2 Å². The number of allylic oxidation sites excluding steroid dienone is 2. The normalized spacial score (nSPS) is 12.2. The maximum atomic E-state index is 10.5. The van der Waals surface area contributed by atoms with Crippen molar-refractivity contribution in [2.24, 2.45) is 0 Å². The monoisotopic (exact) mass is 263 g/mol. The predicted octanol–water partition coefficient (Wildman–Crippen LogP) is 5.29. The average molecular weight is 263 g/mol. The van der Waals surface area contributed by atoms with Gasteiger partial charge in [0.15, 0.2) is 0 Å². The van der Waals surface area contributed by atoms with E-state index in [4.69, 9.17) is 4.52 Å². The summed E-state index contributed by atoms with van der Waals surface area (Å²) in [6, 6.07) is 0. The van der Waals surface area contributed by atoms with Crippen molar-refractivity contribution in [1.29, 1.82) is 0 Å². The third-order valence-corrected chi connectivity index (χ3v) is 3.12. The first-order chi connectivity index (χ1) is 7.77. The molecule has 0 heterocycles. The standard InChI is InChI=1S/C12H23O2PS/c1-2-3-4-5-6-7-8-9-10-11-12-14-15(13)16/h3-4H,2,5-12H2,1H3/p+1/b4-3-. The highest BCUT2D eigenvalue weighted by Gasteiger charge is 2.07. The zero-order valence-electron chi connectivity index (χ0n) is 10.2. The van der Waals surface area contributed by atoms with Gasteiger partial charge in [0, 0.05) is 0 Å². The second-order valence-corrected chi connectivity index (χ2v) is 5.57. The van der Waals surface area contributed by atoms with Crippen molar-refractivity contribution in [1.82, 2.24) is 0 Å². The molecule has 1 unspecified atom stereocenters. The first kappa shape index (κ1) is 16.1. The van der Waals surface area contributed by atoms with Gasteiger partial charge in [-0.25, -0.2) is 0 Å². The molecule has 0 aliphatic rings. The van der Waals surface area contributed by atoms with Crippen molar-refractivity contribution in [3.05, 3.63) is 12.2 Å². The molecule has 0 aromatic carbocycles. The smallest absolute Gasteiger partial charge is 0.136 e. The van der Waals surface area contributed by atoms with Gasteiger partial charge >= 0.3 is 7.23 Å². The SMILES string of the molecule is CC/C=C\CCCCCCCCO[P+](=O)S. The average Bonchev–Trinajstić information content (AvgIpc) is 2.25. The van der Waals surface area contributed by atoms with Crippen molar-refractivity contribution in [2.45, 2.75) is 58.3 Å². The molecule has 0 bridgehead atoms. The molecule has 0 saturated carbocycles. The van der Waals surface area contributed by atoms with Gasteiger partial charge in [-0.2, -0.15) is 0 Å². The largest absolute Gasteiger partial charge is 0.582 e. The zero-order valence-corrected chi connectivity index (χ0v) is 12.0. The molecule has 0 aromatic heterocycles. The summed E-state index contributed by atoms with van der Waals surface area (Å²) in [7, 11) is -1.70. The van der Waals surface area contributed by atoms with Crippen molar-refractivity contribution >= 4 is 19.5 Å². The highest BCUT2D eigenvalue weighted by Crippen LogP contribution is 2.26. The van der Waals surface area contributed by atoms with E-state index in [9.17, 15) is 4.57 Å². The fourth-order valence-corrected chi connectivity index (χ4v) is 2.03. The van der Waals surface area contributed by atoms with Gasteiger partial charge in [-0.1, -0.05) is 44.8 Å². The van der Waals surface area contributed by atoms with Gasteiger partial charge in [-0.15, -0.1) is 4.52 Å². The molecular weight excluding hydrogens is 239 g/mol. The van der Waals surface area contributed by atoms with Crippen LogP contribution in [0.25, 0.3) is 0 Å². The van der Waals surface area contributed by atoms with E-state index in [1.807, 2.05) is 0 Å². The number of rotatable bonds is 11. The molecule has 0 saturated heterocycles. The van der Waals surface area contributed by atoms with E-state index in [1.54, 1.807) is 0 Å². The highest BCUT2D eigenvalue weighted by molar-refractivity contribution is 8.39. The summed E-state index contributed by atoms with van der Waals surface area (Å²) in [6.45, 7) is 2.75. The van der Waals surface area contributed by atoms with Crippen LogP contribution < -0.4 is 0 Å². The van der Waals surface area contributed by atoms with Gasteiger partial charge in [0.2, 0.25) is 0 Å². The molecule has 0 rings (SSSR count). The minimum Gasteiger partial charge on any atom is -0.136 e. The lowest BCUT2D eigenvalue weighted by molar-refractivity contribution is 0.325. The van der Waals surface area contributed by atoms with Crippen LogP contribution in [0.2, 0.25) is 0 Å². The third-order valence-electron chi connectivity index (χ3n) is 2.37. The summed E-state index contributed by atoms with van der Waals surface area (Å²) in [5.74, 6) is 0. The molecule has 0 aromatic rings. The molecule has 0 radical (unpaired) electrons. The summed E-state index contributed by atoms with van der Waals surface area (Å²) in [4.78, 5) is 0. The molecule has 0 N–H and O–H groups in total. The van der Waals surface area contributed by atoms with E-state index in [-0.39, 0.29) is 0 Å². The maximum Gasteiger partial charge on any atom is 0.582 e. The maximum absolute atomic E-state index is 10.5. The van der Waals surface area contributed by atoms with E-state index in [0.29, 0.717) is 6.61 Å². The van der Waals surface area contributed by atoms with Gasteiger partial charge < -0.3 is 0 Å². The van der Waals surface area contributed by atoms with Gasteiger partial charge in [0.05, 0.1) is 0 Å². The quantitative estimate of drug-likeness (QED) is 0.237. The molecule has 0 aliphatic carbocycles. The molecule has 0 amide bonds. The number of unbranched alkanes of at least 4 members (excludes halogenated alkanes) is 6. The topological polar surface area (TPSA) is 26.3 Å². The molecular formula is C12H24O2PS+. The zero-order chi connectivity index (χ0) is 12.1. The molecule has 2 nitrogen and oxygen atoms in total. The van der Waals surface area contributed by atoms with Crippen molar-refractivity contribution in [3.63, 3.8) is 0 Å². The number of hydrogen-bond donors (Lipinski definition) is 1. The van der Waals surface area contributed by atoms with E-state index in [1.165, 1.54) is 38.5 Å². The van der Waals surface area contributed by atoms with Crippen LogP contribution in [0.4, 0.5) is 0 Å². The van der Waals surface area contributed by atoms with E-state index >= 15 is 0 Å².